The smallest absolute Gasteiger partial charge is 0.111 e. The van der Waals surface area contributed by atoms with Crippen molar-refractivity contribution in [1.29, 1.82) is 0 Å². The van der Waals surface area contributed by atoms with Crippen molar-refractivity contribution in [2.24, 2.45) is 5.41 Å². The molecule has 114 valence electrons. The van der Waals surface area contributed by atoms with Gasteiger partial charge in [0.2, 0.25) is 0 Å². The summed E-state index contributed by atoms with van der Waals surface area (Å²) in [7, 11) is 2.10. The molecule has 0 saturated heterocycles. The lowest BCUT2D eigenvalue weighted by Gasteiger charge is -2.34. The number of hydrogen-bond donors (Lipinski definition) is 1. The highest BCUT2D eigenvalue weighted by atomic mass is 15.1. The second-order valence-electron chi connectivity index (χ2n) is 6.67. The zero-order valence-electron chi connectivity index (χ0n) is 13.5. The Morgan fingerprint density at radius 2 is 2.00 bits per heavy atom. The number of para-hydroxylation sites is 2. The Labute approximate surface area is 127 Å². The SMILES string of the molecule is CCn1c(CC(NC)C2(C)CCCC2)nc2ccccc21. The molecule has 21 heavy (non-hydrogen) atoms. The van der Waals surface area contributed by atoms with Gasteiger partial charge in [-0.15, -0.1) is 0 Å². The zero-order chi connectivity index (χ0) is 14.9. The maximum atomic E-state index is 4.90. The van der Waals surface area contributed by atoms with Crippen molar-refractivity contribution in [1.82, 2.24) is 14.9 Å². The second kappa shape index (κ2) is 5.80. The molecule has 0 spiro atoms. The number of likely N-dealkylation sites (N-methyl/N-ethyl adjacent to an activating group) is 1. The molecule has 1 heterocycles. The molecule has 2 aromatic rings. The van der Waals surface area contributed by atoms with Crippen molar-refractivity contribution in [3.8, 4) is 0 Å². The third-order valence-electron chi connectivity index (χ3n) is 5.37. The standard InChI is InChI=1S/C18H27N3/c1-4-21-15-10-6-5-9-14(15)20-17(21)13-16(19-3)18(2)11-7-8-12-18/h5-6,9-10,16,19H,4,7-8,11-13H2,1-3H3. The summed E-state index contributed by atoms with van der Waals surface area (Å²) < 4.78 is 2.37. The van der Waals surface area contributed by atoms with E-state index < -0.39 is 0 Å². The first-order valence-corrected chi connectivity index (χ1v) is 8.29. The van der Waals surface area contributed by atoms with Crippen molar-refractivity contribution < 1.29 is 0 Å². The van der Waals surface area contributed by atoms with E-state index in [1.807, 2.05) is 0 Å². The number of aryl methyl sites for hydroxylation is 1. The molecule has 1 aromatic carbocycles. The number of fused-ring (bicyclic) bond motifs is 1. The molecule has 0 aliphatic heterocycles. The van der Waals surface area contributed by atoms with Crippen LogP contribution >= 0.6 is 0 Å². The van der Waals surface area contributed by atoms with Gasteiger partial charge in [0.25, 0.3) is 0 Å². The summed E-state index contributed by atoms with van der Waals surface area (Å²) in [5.74, 6) is 1.23. The van der Waals surface area contributed by atoms with E-state index in [0.717, 1.165) is 18.5 Å². The largest absolute Gasteiger partial charge is 0.328 e. The lowest BCUT2D eigenvalue weighted by Crippen LogP contribution is -2.42. The summed E-state index contributed by atoms with van der Waals surface area (Å²) in [5, 5.41) is 3.58. The second-order valence-corrected chi connectivity index (χ2v) is 6.67. The number of nitrogens with one attached hydrogen (secondary N) is 1. The van der Waals surface area contributed by atoms with Crippen LogP contribution in [0.25, 0.3) is 11.0 Å². The fourth-order valence-electron chi connectivity index (χ4n) is 4.04. The highest BCUT2D eigenvalue weighted by molar-refractivity contribution is 5.75. The Bertz CT molecular complexity index is 608. The summed E-state index contributed by atoms with van der Waals surface area (Å²) in [4.78, 5) is 4.90. The Morgan fingerprint density at radius 3 is 2.67 bits per heavy atom. The van der Waals surface area contributed by atoms with Crippen molar-refractivity contribution in [3.63, 3.8) is 0 Å². The first kappa shape index (κ1) is 14.6. The van der Waals surface area contributed by atoms with Crippen LogP contribution in [0.1, 0.15) is 45.4 Å². The van der Waals surface area contributed by atoms with E-state index in [2.05, 4.69) is 55.0 Å². The highest BCUT2D eigenvalue weighted by Gasteiger charge is 2.36. The lowest BCUT2D eigenvalue weighted by molar-refractivity contribution is 0.226. The van der Waals surface area contributed by atoms with Crippen molar-refractivity contribution in [2.45, 2.75) is 58.5 Å². The molecule has 3 rings (SSSR count). The topological polar surface area (TPSA) is 29.9 Å². The van der Waals surface area contributed by atoms with Gasteiger partial charge < -0.3 is 9.88 Å². The van der Waals surface area contributed by atoms with Crippen LogP contribution in [-0.2, 0) is 13.0 Å². The molecule has 3 nitrogen and oxygen atoms in total. The maximum absolute atomic E-state index is 4.90. The molecule has 3 heteroatoms. The molecule has 0 radical (unpaired) electrons. The van der Waals surface area contributed by atoms with Crippen LogP contribution in [-0.4, -0.2) is 22.6 Å². The van der Waals surface area contributed by atoms with Gasteiger partial charge >= 0.3 is 0 Å². The van der Waals surface area contributed by atoms with E-state index >= 15 is 0 Å². The van der Waals surface area contributed by atoms with Gasteiger partial charge in [-0.2, -0.15) is 0 Å². The van der Waals surface area contributed by atoms with Gasteiger partial charge in [0, 0.05) is 19.0 Å². The van der Waals surface area contributed by atoms with E-state index in [0.29, 0.717) is 11.5 Å². The van der Waals surface area contributed by atoms with Crippen LogP contribution in [0.2, 0.25) is 0 Å². The number of imidazole rings is 1. The van der Waals surface area contributed by atoms with Gasteiger partial charge in [-0.1, -0.05) is 31.9 Å². The molecule has 1 aliphatic rings. The van der Waals surface area contributed by atoms with Gasteiger partial charge in [0.1, 0.15) is 5.82 Å². The third-order valence-corrected chi connectivity index (χ3v) is 5.37. The van der Waals surface area contributed by atoms with Gasteiger partial charge in [0.15, 0.2) is 0 Å². The quantitative estimate of drug-likeness (QED) is 0.906. The fraction of sp³-hybridized carbons (Fsp3) is 0.611. The first-order chi connectivity index (χ1) is 10.2. The molecule has 1 aromatic heterocycles. The molecular weight excluding hydrogens is 258 g/mol. The average molecular weight is 285 g/mol. The van der Waals surface area contributed by atoms with Crippen LogP contribution < -0.4 is 5.32 Å². The predicted octanol–water partition coefficient (Wildman–Crippen LogP) is 3.77. The van der Waals surface area contributed by atoms with E-state index in [1.54, 1.807) is 0 Å². The van der Waals surface area contributed by atoms with Crippen LogP contribution in [0.15, 0.2) is 24.3 Å². The minimum atomic E-state index is 0.422. The summed E-state index contributed by atoms with van der Waals surface area (Å²) >= 11 is 0. The molecule has 0 bridgehead atoms. The molecule has 1 N–H and O–H groups in total. The van der Waals surface area contributed by atoms with E-state index in [-0.39, 0.29) is 0 Å². The molecule has 1 saturated carbocycles. The number of aromatic nitrogens is 2. The summed E-state index contributed by atoms with van der Waals surface area (Å²) in [6.45, 7) is 5.65. The number of hydrogen-bond acceptors (Lipinski definition) is 2. The summed E-state index contributed by atoms with van der Waals surface area (Å²) in [6.07, 6.45) is 6.45. The van der Waals surface area contributed by atoms with E-state index in [4.69, 9.17) is 4.98 Å². The molecular formula is C18H27N3. The van der Waals surface area contributed by atoms with Gasteiger partial charge in [-0.05, 0) is 44.4 Å². The maximum Gasteiger partial charge on any atom is 0.111 e. The van der Waals surface area contributed by atoms with Crippen LogP contribution in [0.4, 0.5) is 0 Å². The van der Waals surface area contributed by atoms with Crippen molar-refractivity contribution in [2.75, 3.05) is 7.05 Å². The normalized spacial score (nSPS) is 19.2. The summed E-state index contributed by atoms with van der Waals surface area (Å²) in [5.41, 5.74) is 2.81. The van der Waals surface area contributed by atoms with Gasteiger partial charge in [-0.3, -0.25) is 0 Å². The van der Waals surface area contributed by atoms with Gasteiger partial charge in [-0.25, -0.2) is 4.98 Å². The number of benzene rings is 1. The van der Waals surface area contributed by atoms with E-state index in [9.17, 15) is 0 Å². The van der Waals surface area contributed by atoms with Gasteiger partial charge in [0.05, 0.1) is 11.0 Å². The molecule has 1 unspecified atom stereocenters. The van der Waals surface area contributed by atoms with Crippen LogP contribution in [0.3, 0.4) is 0 Å². The highest BCUT2D eigenvalue weighted by Crippen LogP contribution is 2.41. The zero-order valence-corrected chi connectivity index (χ0v) is 13.5. The fourth-order valence-corrected chi connectivity index (χ4v) is 4.04. The molecule has 0 amide bonds. The molecule has 1 atom stereocenters. The average Bonchev–Trinajstić information content (AvgIpc) is 3.08. The molecule has 1 aliphatic carbocycles. The van der Waals surface area contributed by atoms with Crippen molar-refractivity contribution in [3.05, 3.63) is 30.1 Å². The minimum absolute atomic E-state index is 0.422. The monoisotopic (exact) mass is 285 g/mol. The summed E-state index contributed by atoms with van der Waals surface area (Å²) in [6, 6.07) is 9.00. The Kier molecular flexibility index (Phi) is 4.03. The Hall–Kier alpha value is -1.35. The predicted molar refractivity (Wildman–Crippen MR) is 88.5 cm³/mol. The van der Waals surface area contributed by atoms with Crippen LogP contribution in [0, 0.1) is 5.41 Å². The van der Waals surface area contributed by atoms with Crippen molar-refractivity contribution >= 4 is 11.0 Å². The number of nitrogens with zero attached hydrogens (tertiary/aromatic N) is 2. The lowest BCUT2D eigenvalue weighted by atomic mass is 9.79. The van der Waals surface area contributed by atoms with E-state index in [1.165, 1.54) is 37.0 Å². The number of rotatable bonds is 5. The Balaban J connectivity index is 1.92. The Morgan fingerprint density at radius 1 is 1.29 bits per heavy atom. The first-order valence-electron chi connectivity index (χ1n) is 8.29. The minimum Gasteiger partial charge on any atom is -0.328 e. The molecule has 1 fully saturated rings. The third kappa shape index (κ3) is 2.59. The van der Waals surface area contributed by atoms with Crippen LogP contribution in [0.5, 0.6) is 0 Å².